The molecule has 0 saturated carbocycles. The van der Waals surface area contributed by atoms with Gasteiger partial charge in [-0.3, -0.25) is 0 Å². The van der Waals surface area contributed by atoms with Crippen molar-refractivity contribution in [3.8, 4) is 5.75 Å². The predicted octanol–water partition coefficient (Wildman–Crippen LogP) is 5.86. The first-order valence-electron chi connectivity index (χ1n) is 8.84. The molecule has 0 fully saturated rings. The van der Waals surface area contributed by atoms with Gasteiger partial charge in [-0.15, -0.1) is 0 Å². The molecule has 30 heavy (non-hydrogen) atoms. The van der Waals surface area contributed by atoms with Crippen LogP contribution in [0.1, 0.15) is 30.4 Å². The molecule has 162 valence electrons. The van der Waals surface area contributed by atoms with Crippen LogP contribution in [-0.2, 0) is 16.0 Å². The van der Waals surface area contributed by atoms with Crippen LogP contribution >= 0.6 is 0 Å². The summed E-state index contributed by atoms with van der Waals surface area (Å²) < 4.78 is 108. The summed E-state index contributed by atoms with van der Waals surface area (Å²) in [5.41, 5.74) is -0.516. The molecule has 3 rings (SSSR count). The number of benzene rings is 2. The highest BCUT2D eigenvalue weighted by atomic mass is 32.2. The third-order valence-corrected chi connectivity index (χ3v) is 6.76. The monoisotopic (exact) mass is 450 g/mol. The summed E-state index contributed by atoms with van der Waals surface area (Å²) in [5, 5.41) is -1.13. The van der Waals surface area contributed by atoms with Gasteiger partial charge in [0.2, 0.25) is 0 Å². The van der Waals surface area contributed by atoms with Gasteiger partial charge in [-0.2, -0.15) is 22.0 Å². The highest BCUT2D eigenvalue weighted by molar-refractivity contribution is 7.92. The first-order valence-corrected chi connectivity index (χ1v) is 10.4. The number of allylic oxidation sites excluding steroid dienone is 1. The largest absolute Gasteiger partial charge is 0.435 e. The van der Waals surface area contributed by atoms with E-state index in [-0.39, 0.29) is 12.0 Å². The van der Waals surface area contributed by atoms with Crippen molar-refractivity contribution in [1.82, 2.24) is 0 Å². The Labute approximate surface area is 168 Å². The molecule has 0 radical (unpaired) electrons. The van der Waals surface area contributed by atoms with Crippen molar-refractivity contribution >= 4 is 15.4 Å². The van der Waals surface area contributed by atoms with Gasteiger partial charge >= 0.3 is 12.8 Å². The fraction of sp³-hybridized carbons (Fsp3) is 0.300. The second kappa shape index (κ2) is 8.33. The molecule has 1 atom stereocenters. The molecule has 1 unspecified atom stereocenters. The molecule has 0 heterocycles. The Bertz CT molecular complexity index is 1060. The summed E-state index contributed by atoms with van der Waals surface area (Å²) in [6.07, 6.45) is -2.47. The first kappa shape index (κ1) is 22.2. The van der Waals surface area contributed by atoms with Crippen molar-refractivity contribution in [2.45, 2.75) is 42.2 Å². The average Bonchev–Trinajstić information content (AvgIpc) is 2.66. The van der Waals surface area contributed by atoms with E-state index in [0.29, 0.717) is 24.5 Å². The molecular formula is C20H16F6O3S. The fourth-order valence-electron chi connectivity index (χ4n) is 3.31. The van der Waals surface area contributed by atoms with E-state index in [9.17, 15) is 34.8 Å². The topological polar surface area (TPSA) is 43.4 Å². The maximum Gasteiger partial charge on any atom is 0.416 e. The normalized spacial score (nSPS) is 17.7. The lowest BCUT2D eigenvalue weighted by molar-refractivity contribution is -0.137. The SMILES string of the molecule is O=S(=O)(c1cccc(C(F)(F)F)c1)C1C=C(c2cc(F)cc(OC(F)F)c2)CCC1. The van der Waals surface area contributed by atoms with Gasteiger partial charge in [0.15, 0.2) is 9.84 Å². The van der Waals surface area contributed by atoms with Crippen LogP contribution in [0, 0.1) is 5.82 Å². The molecule has 0 N–H and O–H groups in total. The van der Waals surface area contributed by atoms with Gasteiger partial charge in [0.1, 0.15) is 11.6 Å². The number of ether oxygens (including phenoxy) is 1. The zero-order chi connectivity index (χ0) is 22.1. The number of alkyl halides is 5. The van der Waals surface area contributed by atoms with Crippen molar-refractivity contribution in [2.24, 2.45) is 0 Å². The Morgan fingerprint density at radius 1 is 1.07 bits per heavy atom. The van der Waals surface area contributed by atoms with Crippen LogP contribution in [0.4, 0.5) is 26.3 Å². The van der Waals surface area contributed by atoms with Gasteiger partial charge in [0, 0.05) is 6.07 Å². The molecule has 0 bridgehead atoms. The standard InChI is InChI=1S/C20H16F6O3S/c21-15-7-13(8-16(11-15)29-19(22)23)12-3-1-5-17(9-12)30(27,28)18-6-2-4-14(10-18)20(24,25)26/h2,4,6-11,17,19H,1,3,5H2. The highest BCUT2D eigenvalue weighted by Gasteiger charge is 2.34. The summed E-state index contributed by atoms with van der Waals surface area (Å²) in [4.78, 5) is -0.471. The van der Waals surface area contributed by atoms with Gasteiger partial charge in [0.05, 0.1) is 15.7 Å². The van der Waals surface area contributed by atoms with E-state index >= 15 is 0 Å². The Hall–Kier alpha value is -2.49. The third kappa shape index (κ3) is 4.97. The molecule has 10 heteroatoms. The summed E-state index contributed by atoms with van der Waals surface area (Å²) in [7, 11) is -4.15. The first-order chi connectivity index (χ1) is 14.0. The van der Waals surface area contributed by atoms with E-state index in [4.69, 9.17) is 0 Å². The second-order valence-corrected chi connectivity index (χ2v) is 8.91. The van der Waals surface area contributed by atoms with Crippen molar-refractivity contribution in [1.29, 1.82) is 0 Å². The molecule has 0 saturated heterocycles. The quantitative estimate of drug-likeness (QED) is 0.537. The lowest BCUT2D eigenvalue weighted by Gasteiger charge is -2.22. The van der Waals surface area contributed by atoms with Gasteiger partial charge in [0.25, 0.3) is 0 Å². The highest BCUT2D eigenvalue weighted by Crippen LogP contribution is 2.36. The van der Waals surface area contributed by atoms with Crippen molar-refractivity contribution < 1.29 is 39.5 Å². The predicted molar refractivity (Wildman–Crippen MR) is 97.3 cm³/mol. The number of halogens is 6. The Kier molecular flexibility index (Phi) is 6.16. The summed E-state index contributed by atoms with van der Waals surface area (Å²) >= 11 is 0. The molecule has 0 aromatic heterocycles. The van der Waals surface area contributed by atoms with Gasteiger partial charge in [-0.05, 0) is 60.7 Å². The molecule has 0 amide bonds. The van der Waals surface area contributed by atoms with E-state index in [1.54, 1.807) is 0 Å². The van der Waals surface area contributed by atoms with Crippen molar-refractivity contribution in [3.63, 3.8) is 0 Å². The van der Waals surface area contributed by atoms with Crippen LogP contribution in [0.25, 0.3) is 5.57 Å². The lowest BCUT2D eigenvalue weighted by atomic mass is 9.93. The third-order valence-electron chi connectivity index (χ3n) is 4.68. The van der Waals surface area contributed by atoms with E-state index in [0.717, 1.165) is 30.3 Å². The van der Waals surface area contributed by atoms with Crippen molar-refractivity contribution in [3.05, 3.63) is 65.5 Å². The molecule has 3 nitrogen and oxygen atoms in total. The maximum absolute atomic E-state index is 13.8. The minimum atomic E-state index is -4.69. The molecular weight excluding hydrogens is 434 g/mol. The Morgan fingerprint density at radius 2 is 1.80 bits per heavy atom. The van der Waals surface area contributed by atoms with E-state index in [1.165, 1.54) is 12.1 Å². The van der Waals surface area contributed by atoms with Crippen LogP contribution in [0.5, 0.6) is 5.75 Å². The van der Waals surface area contributed by atoms with E-state index < -0.39 is 49.9 Å². The van der Waals surface area contributed by atoms with Crippen LogP contribution < -0.4 is 4.74 Å². The smallest absolute Gasteiger partial charge is 0.416 e. The molecule has 2 aromatic carbocycles. The maximum atomic E-state index is 13.8. The summed E-state index contributed by atoms with van der Waals surface area (Å²) in [5.74, 6) is -1.25. The molecule has 1 aliphatic carbocycles. The number of rotatable bonds is 5. The molecule has 1 aliphatic rings. The fourth-order valence-corrected chi connectivity index (χ4v) is 5.04. The number of sulfone groups is 1. The zero-order valence-corrected chi connectivity index (χ0v) is 16.1. The zero-order valence-electron chi connectivity index (χ0n) is 15.3. The van der Waals surface area contributed by atoms with Gasteiger partial charge in [-0.1, -0.05) is 12.1 Å². The average molecular weight is 450 g/mol. The second-order valence-electron chi connectivity index (χ2n) is 6.75. The minimum Gasteiger partial charge on any atom is -0.435 e. The van der Waals surface area contributed by atoms with Gasteiger partial charge in [-0.25, -0.2) is 12.8 Å². The van der Waals surface area contributed by atoms with Crippen LogP contribution in [0.3, 0.4) is 0 Å². The number of hydrogen-bond acceptors (Lipinski definition) is 3. The van der Waals surface area contributed by atoms with E-state index in [2.05, 4.69) is 4.74 Å². The minimum absolute atomic E-state index is 0.164. The van der Waals surface area contributed by atoms with Crippen LogP contribution in [-0.4, -0.2) is 20.3 Å². The Balaban J connectivity index is 1.97. The summed E-state index contributed by atoms with van der Waals surface area (Å²) in [6, 6.07) is 6.46. The Morgan fingerprint density at radius 3 is 2.47 bits per heavy atom. The lowest BCUT2D eigenvalue weighted by Crippen LogP contribution is -2.22. The van der Waals surface area contributed by atoms with Crippen LogP contribution in [0.15, 0.2) is 53.4 Å². The van der Waals surface area contributed by atoms with Gasteiger partial charge < -0.3 is 4.74 Å². The number of hydrogen-bond donors (Lipinski definition) is 0. The van der Waals surface area contributed by atoms with Crippen molar-refractivity contribution in [2.75, 3.05) is 0 Å². The molecule has 0 aliphatic heterocycles. The summed E-state index contributed by atoms with van der Waals surface area (Å²) in [6.45, 7) is -3.16. The van der Waals surface area contributed by atoms with Crippen LogP contribution in [0.2, 0.25) is 0 Å². The molecule has 2 aromatic rings. The van der Waals surface area contributed by atoms with E-state index in [1.807, 2.05) is 0 Å². The molecule has 0 spiro atoms.